The first-order chi connectivity index (χ1) is 16.2. The summed E-state index contributed by atoms with van der Waals surface area (Å²) in [6.07, 6.45) is 0.361. The second-order valence-corrected chi connectivity index (χ2v) is 10.9. The van der Waals surface area contributed by atoms with Crippen LogP contribution >= 0.6 is 23.1 Å². The van der Waals surface area contributed by atoms with Crippen LogP contribution < -0.4 is 10.3 Å². The average Bonchev–Trinajstić information content (AvgIpc) is 3.14. The Hall–Kier alpha value is -2.98. The van der Waals surface area contributed by atoms with Gasteiger partial charge >= 0.3 is 5.97 Å². The molecule has 0 spiro atoms. The van der Waals surface area contributed by atoms with Crippen LogP contribution in [0.15, 0.2) is 82.5 Å². The number of benzene rings is 3. The number of fused-ring (bicyclic) bond motifs is 1. The summed E-state index contributed by atoms with van der Waals surface area (Å²) in [5.74, 6) is -1.27. The van der Waals surface area contributed by atoms with Crippen LogP contribution in [-0.2, 0) is 21.4 Å². The van der Waals surface area contributed by atoms with Crippen LogP contribution in [0.2, 0.25) is 5.02 Å². The van der Waals surface area contributed by atoms with Crippen LogP contribution in [0.1, 0.15) is 12.8 Å². The zero-order valence-corrected chi connectivity index (χ0v) is 20.2. The topological polar surface area (TPSA) is 105 Å². The number of aryl methyl sites for hydroxylation is 1. The van der Waals surface area contributed by atoms with Gasteiger partial charge in [0.1, 0.15) is 6.04 Å². The Morgan fingerprint density at radius 2 is 1.62 bits per heavy atom. The summed E-state index contributed by atoms with van der Waals surface area (Å²) in [5.41, 5.74) is 1.55. The third-order valence-electron chi connectivity index (χ3n) is 5.34. The zero-order valence-electron chi connectivity index (χ0n) is 17.8. The number of hydrogen-bond donors (Lipinski definition) is 2. The summed E-state index contributed by atoms with van der Waals surface area (Å²) in [4.78, 5) is 24.1. The van der Waals surface area contributed by atoms with Gasteiger partial charge in [0.05, 0.1) is 15.0 Å². The van der Waals surface area contributed by atoms with E-state index in [0.717, 1.165) is 15.8 Å². The maximum Gasteiger partial charge on any atom is 0.321 e. The smallest absolute Gasteiger partial charge is 0.321 e. The maximum absolute atomic E-state index is 12.8. The van der Waals surface area contributed by atoms with E-state index >= 15 is 0 Å². The number of aliphatic carboxylic acids is 1. The molecule has 0 unspecified atom stereocenters. The Labute approximate surface area is 205 Å². The monoisotopic (exact) mass is 516 g/mol. The average molecular weight is 517 g/mol. The SMILES string of the molecule is O=C(O)[C@H](CCCn1sc2ccccc2c1=O)NS(=O)(=O)c1ccc(-c2ccc(Cl)cc2)cc1. The van der Waals surface area contributed by atoms with Gasteiger partial charge in [-0.25, -0.2) is 8.42 Å². The molecule has 34 heavy (non-hydrogen) atoms. The number of carboxylic acids is 1. The van der Waals surface area contributed by atoms with Gasteiger partial charge < -0.3 is 5.11 Å². The normalized spacial score (nSPS) is 12.6. The number of aromatic nitrogens is 1. The van der Waals surface area contributed by atoms with Gasteiger partial charge in [0, 0.05) is 11.6 Å². The molecule has 0 saturated carbocycles. The lowest BCUT2D eigenvalue weighted by Gasteiger charge is -2.15. The predicted molar refractivity (Wildman–Crippen MR) is 134 cm³/mol. The van der Waals surface area contributed by atoms with E-state index in [0.29, 0.717) is 23.4 Å². The van der Waals surface area contributed by atoms with Crippen molar-refractivity contribution < 1.29 is 18.3 Å². The first-order valence-electron chi connectivity index (χ1n) is 10.4. The molecule has 0 fully saturated rings. The van der Waals surface area contributed by atoms with Crippen LogP contribution in [-0.4, -0.2) is 29.5 Å². The molecule has 1 aromatic heterocycles. The van der Waals surface area contributed by atoms with Gasteiger partial charge in [-0.3, -0.25) is 13.5 Å². The number of carboxylic acid groups (broad SMARTS) is 1. The summed E-state index contributed by atoms with van der Waals surface area (Å²) in [7, 11) is -4.05. The second kappa shape index (κ2) is 10.1. The summed E-state index contributed by atoms with van der Waals surface area (Å²) >= 11 is 7.21. The van der Waals surface area contributed by atoms with Crippen molar-refractivity contribution >= 4 is 49.2 Å². The van der Waals surface area contributed by atoms with Crippen molar-refractivity contribution in [3.63, 3.8) is 0 Å². The van der Waals surface area contributed by atoms with Crippen molar-refractivity contribution in [1.82, 2.24) is 8.68 Å². The molecule has 10 heteroatoms. The molecule has 4 rings (SSSR count). The first-order valence-corrected chi connectivity index (χ1v) is 13.1. The predicted octanol–water partition coefficient (Wildman–Crippen LogP) is 4.60. The van der Waals surface area contributed by atoms with Crippen LogP contribution in [0.3, 0.4) is 0 Å². The molecule has 7 nitrogen and oxygen atoms in total. The van der Waals surface area contributed by atoms with Gasteiger partial charge in [-0.2, -0.15) is 4.72 Å². The molecule has 0 aliphatic carbocycles. The molecule has 1 heterocycles. The molecule has 4 aromatic rings. The molecule has 0 amide bonds. The van der Waals surface area contributed by atoms with Gasteiger partial charge in [-0.15, -0.1) is 0 Å². The first kappa shape index (κ1) is 24.2. The van der Waals surface area contributed by atoms with E-state index in [1.54, 1.807) is 40.4 Å². The van der Waals surface area contributed by atoms with Gasteiger partial charge in [0.2, 0.25) is 10.0 Å². The number of sulfonamides is 1. The summed E-state index contributed by atoms with van der Waals surface area (Å²) in [6.45, 7) is 0.305. The molecular weight excluding hydrogens is 496 g/mol. The van der Waals surface area contributed by atoms with Gasteiger partial charge in [0.25, 0.3) is 5.56 Å². The van der Waals surface area contributed by atoms with Gasteiger partial charge in [-0.05, 0) is 60.4 Å². The molecule has 2 N–H and O–H groups in total. The zero-order chi connectivity index (χ0) is 24.3. The highest BCUT2D eigenvalue weighted by molar-refractivity contribution is 7.89. The minimum atomic E-state index is -4.05. The summed E-state index contributed by atoms with van der Waals surface area (Å²) in [5, 5.41) is 10.8. The van der Waals surface area contributed by atoms with E-state index in [-0.39, 0.29) is 16.9 Å². The lowest BCUT2D eigenvalue weighted by atomic mass is 10.1. The Morgan fingerprint density at radius 1 is 1.00 bits per heavy atom. The Kier molecular flexibility index (Phi) is 7.18. The molecule has 0 aliphatic heterocycles. The number of rotatable bonds is 9. The van der Waals surface area contributed by atoms with Crippen LogP contribution in [0, 0.1) is 0 Å². The summed E-state index contributed by atoms with van der Waals surface area (Å²) in [6, 6.07) is 19.2. The van der Waals surface area contributed by atoms with Crippen molar-refractivity contribution in [2.75, 3.05) is 0 Å². The highest BCUT2D eigenvalue weighted by Crippen LogP contribution is 2.23. The van der Waals surface area contributed by atoms with Crippen molar-refractivity contribution in [2.45, 2.75) is 30.3 Å². The lowest BCUT2D eigenvalue weighted by molar-refractivity contribution is -0.139. The van der Waals surface area contributed by atoms with E-state index in [1.807, 2.05) is 24.3 Å². The van der Waals surface area contributed by atoms with E-state index in [1.165, 1.54) is 23.7 Å². The molecule has 176 valence electrons. The van der Waals surface area contributed by atoms with Crippen LogP contribution in [0.5, 0.6) is 0 Å². The lowest BCUT2D eigenvalue weighted by Crippen LogP contribution is -2.40. The van der Waals surface area contributed by atoms with Crippen LogP contribution in [0.4, 0.5) is 0 Å². The van der Waals surface area contributed by atoms with Crippen molar-refractivity contribution in [3.8, 4) is 11.1 Å². The van der Waals surface area contributed by atoms with Crippen molar-refractivity contribution in [2.24, 2.45) is 0 Å². The molecule has 0 radical (unpaired) electrons. The molecule has 0 bridgehead atoms. The molecule has 3 aromatic carbocycles. The second-order valence-electron chi connectivity index (χ2n) is 7.68. The van der Waals surface area contributed by atoms with Gasteiger partial charge in [0.15, 0.2) is 0 Å². The maximum atomic E-state index is 12.8. The van der Waals surface area contributed by atoms with Gasteiger partial charge in [-0.1, -0.05) is 59.5 Å². The number of carbonyl (C=O) groups is 1. The quantitative estimate of drug-likeness (QED) is 0.338. The minimum absolute atomic E-state index is 0.0304. The number of nitrogens with one attached hydrogen (secondary N) is 1. The fraction of sp³-hybridized carbons (Fsp3) is 0.167. The number of halogens is 1. The Balaban J connectivity index is 1.42. The van der Waals surface area contributed by atoms with E-state index in [2.05, 4.69) is 4.72 Å². The molecule has 1 atom stereocenters. The van der Waals surface area contributed by atoms with Crippen molar-refractivity contribution in [3.05, 3.63) is 88.2 Å². The Bertz CT molecular complexity index is 1480. The highest BCUT2D eigenvalue weighted by atomic mass is 35.5. The van der Waals surface area contributed by atoms with Crippen LogP contribution in [0.25, 0.3) is 21.2 Å². The third kappa shape index (κ3) is 5.39. The number of nitrogens with zero attached hydrogens (tertiary/aromatic N) is 1. The van der Waals surface area contributed by atoms with Crippen molar-refractivity contribution in [1.29, 1.82) is 0 Å². The standard InChI is InChI=1S/C24H21ClN2O5S2/c25-18-11-7-16(8-12-18)17-9-13-19(14-10-17)34(31,32)26-21(24(29)30)5-3-15-27-23(28)20-4-1-2-6-22(20)33-27/h1-2,4,6-14,21,26H,3,5,15H2,(H,29,30)/t21-/m0/s1. The Morgan fingerprint density at radius 3 is 2.24 bits per heavy atom. The largest absolute Gasteiger partial charge is 0.480 e. The van der Waals surface area contributed by atoms with E-state index < -0.39 is 22.0 Å². The van der Waals surface area contributed by atoms with E-state index in [9.17, 15) is 23.1 Å². The molecular formula is C24H21ClN2O5S2. The fourth-order valence-electron chi connectivity index (χ4n) is 3.56. The molecule has 0 saturated heterocycles. The third-order valence-corrected chi connectivity index (χ3v) is 8.21. The minimum Gasteiger partial charge on any atom is -0.480 e. The number of hydrogen-bond acceptors (Lipinski definition) is 5. The fourth-order valence-corrected chi connectivity index (χ4v) is 5.94. The summed E-state index contributed by atoms with van der Waals surface area (Å²) < 4.78 is 30.3. The van der Waals surface area contributed by atoms with E-state index in [4.69, 9.17) is 11.6 Å². The highest BCUT2D eigenvalue weighted by Gasteiger charge is 2.25. The molecule has 0 aliphatic rings.